The summed E-state index contributed by atoms with van der Waals surface area (Å²) in [4.78, 5) is 41.8. The van der Waals surface area contributed by atoms with Crippen LogP contribution in [0.15, 0.2) is 18.2 Å². The maximum Gasteiger partial charge on any atom is 0.408 e. The summed E-state index contributed by atoms with van der Waals surface area (Å²) in [7, 11) is 0. The summed E-state index contributed by atoms with van der Waals surface area (Å²) < 4.78 is 5.30. The molecule has 2 rings (SSSR count). The van der Waals surface area contributed by atoms with E-state index in [0.717, 1.165) is 48.8 Å². The van der Waals surface area contributed by atoms with Crippen molar-refractivity contribution < 1.29 is 24.2 Å². The molecule has 1 saturated carbocycles. The van der Waals surface area contributed by atoms with E-state index in [-0.39, 0.29) is 11.9 Å². The number of alkyl carbamates (subject to hydrolysis) is 1. The van der Waals surface area contributed by atoms with Crippen LogP contribution in [0.1, 0.15) is 96.4 Å². The first-order valence-electron chi connectivity index (χ1n) is 13.0. The van der Waals surface area contributed by atoms with Crippen molar-refractivity contribution >= 4 is 17.9 Å². The third-order valence-corrected chi connectivity index (χ3v) is 6.53. The van der Waals surface area contributed by atoms with Gasteiger partial charge in [0, 0.05) is 11.6 Å². The predicted octanol–water partition coefficient (Wildman–Crippen LogP) is 4.31. The molecule has 0 saturated heterocycles. The first kappa shape index (κ1) is 29.6. The molecule has 0 bridgehead atoms. The molecule has 0 spiro atoms. The Morgan fingerprint density at radius 1 is 1.06 bits per heavy atom. The van der Waals surface area contributed by atoms with Gasteiger partial charge in [-0.2, -0.15) is 0 Å². The highest BCUT2D eigenvalue weighted by molar-refractivity contribution is 5.93. The second-order valence-corrected chi connectivity index (χ2v) is 11.8. The zero-order valence-electron chi connectivity index (χ0n) is 23.2. The van der Waals surface area contributed by atoms with Crippen molar-refractivity contribution in [2.24, 2.45) is 0 Å². The Morgan fingerprint density at radius 2 is 1.67 bits per heavy atom. The van der Waals surface area contributed by atoms with Gasteiger partial charge in [-0.05, 0) is 84.9 Å². The zero-order valence-corrected chi connectivity index (χ0v) is 23.2. The number of nitrogens with one attached hydrogen (secondary N) is 2. The Labute approximate surface area is 216 Å². The van der Waals surface area contributed by atoms with Gasteiger partial charge in [-0.3, -0.25) is 9.59 Å². The van der Waals surface area contributed by atoms with Crippen LogP contribution in [-0.4, -0.2) is 57.7 Å². The van der Waals surface area contributed by atoms with E-state index in [1.165, 1.54) is 4.90 Å². The number of ether oxygens (including phenoxy) is 1. The van der Waals surface area contributed by atoms with Crippen molar-refractivity contribution in [3.05, 3.63) is 34.9 Å². The van der Waals surface area contributed by atoms with Gasteiger partial charge in [-0.25, -0.2) is 4.79 Å². The van der Waals surface area contributed by atoms with Crippen LogP contribution in [0.3, 0.4) is 0 Å². The van der Waals surface area contributed by atoms with E-state index in [4.69, 9.17) is 4.74 Å². The number of benzene rings is 1. The Bertz CT molecular complexity index is 926. The van der Waals surface area contributed by atoms with Gasteiger partial charge in [-0.1, -0.05) is 37.5 Å². The molecule has 2 atom stereocenters. The summed E-state index contributed by atoms with van der Waals surface area (Å²) in [6, 6.07) is 3.58. The zero-order chi connectivity index (χ0) is 27.3. The number of carbonyl (C=O) groups excluding carboxylic acids is 3. The lowest BCUT2D eigenvalue weighted by Gasteiger charge is -2.43. The molecule has 0 heterocycles. The Kier molecular flexibility index (Phi) is 9.94. The summed E-state index contributed by atoms with van der Waals surface area (Å²) in [5.41, 5.74) is 1.09. The summed E-state index contributed by atoms with van der Waals surface area (Å²) in [6.45, 7) is 14.0. The van der Waals surface area contributed by atoms with E-state index in [1.54, 1.807) is 20.8 Å². The number of aliphatic hydroxyl groups excluding tert-OH is 1. The monoisotopic (exact) mass is 503 g/mol. The molecular weight excluding hydrogens is 458 g/mol. The second kappa shape index (κ2) is 12.1. The number of carbonyl (C=O) groups is 3. The molecule has 0 radical (unpaired) electrons. The van der Waals surface area contributed by atoms with Gasteiger partial charge in [0.25, 0.3) is 0 Å². The lowest BCUT2D eigenvalue weighted by Crippen LogP contribution is -2.60. The van der Waals surface area contributed by atoms with Crippen molar-refractivity contribution in [1.29, 1.82) is 0 Å². The van der Waals surface area contributed by atoms with Crippen LogP contribution < -0.4 is 10.6 Å². The number of aliphatic hydroxyl groups is 1. The lowest BCUT2D eigenvalue weighted by atomic mass is 9.90. The molecule has 202 valence electrons. The Morgan fingerprint density at radius 3 is 2.19 bits per heavy atom. The van der Waals surface area contributed by atoms with E-state index < -0.39 is 41.8 Å². The highest BCUT2D eigenvalue weighted by atomic mass is 16.6. The van der Waals surface area contributed by atoms with Gasteiger partial charge in [0.05, 0.1) is 6.61 Å². The molecule has 8 nitrogen and oxygen atoms in total. The summed E-state index contributed by atoms with van der Waals surface area (Å²) in [5.74, 6) is -0.812. The van der Waals surface area contributed by atoms with Crippen LogP contribution in [0, 0.1) is 13.8 Å². The van der Waals surface area contributed by atoms with Gasteiger partial charge in [-0.15, -0.1) is 0 Å². The van der Waals surface area contributed by atoms with Crippen molar-refractivity contribution in [2.75, 3.05) is 6.61 Å². The molecule has 3 amide bonds. The Balaban J connectivity index is 2.51. The summed E-state index contributed by atoms with van der Waals surface area (Å²) >= 11 is 0. The van der Waals surface area contributed by atoms with Crippen LogP contribution in [0.25, 0.3) is 0 Å². The molecule has 0 aromatic heterocycles. The molecule has 1 fully saturated rings. The molecule has 1 aliphatic rings. The summed E-state index contributed by atoms with van der Waals surface area (Å²) in [5, 5.41) is 15.8. The first-order valence-corrected chi connectivity index (χ1v) is 13.0. The summed E-state index contributed by atoms with van der Waals surface area (Å²) in [6.07, 6.45) is 4.30. The van der Waals surface area contributed by atoms with Crippen molar-refractivity contribution in [3.8, 4) is 0 Å². The fourth-order valence-electron chi connectivity index (χ4n) is 4.64. The van der Waals surface area contributed by atoms with Crippen LogP contribution in [0.4, 0.5) is 4.79 Å². The normalized spacial score (nSPS) is 16.6. The average Bonchev–Trinajstić information content (AvgIpc) is 2.76. The number of rotatable bonds is 7. The largest absolute Gasteiger partial charge is 0.444 e. The molecule has 8 heteroatoms. The van der Waals surface area contributed by atoms with Gasteiger partial charge in [0.2, 0.25) is 11.8 Å². The quantitative estimate of drug-likeness (QED) is 0.514. The average molecular weight is 504 g/mol. The van der Waals surface area contributed by atoms with E-state index in [9.17, 15) is 19.5 Å². The van der Waals surface area contributed by atoms with Crippen molar-refractivity contribution in [1.82, 2.24) is 15.5 Å². The third-order valence-electron chi connectivity index (χ3n) is 6.53. The van der Waals surface area contributed by atoms with Gasteiger partial charge in [0.15, 0.2) is 0 Å². The molecule has 1 aliphatic carbocycles. The smallest absolute Gasteiger partial charge is 0.408 e. The minimum Gasteiger partial charge on any atom is -0.444 e. The van der Waals surface area contributed by atoms with Crippen LogP contribution in [0.2, 0.25) is 0 Å². The van der Waals surface area contributed by atoms with Crippen LogP contribution >= 0.6 is 0 Å². The minimum atomic E-state index is -1.27. The van der Waals surface area contributed by atoms with E-state index in [0.29, 0.717) is 0 Å². The number of hydrogen-bond acceptors (Lipinski definition) is 5. The highest BCUT2D eigenvalue weighted by Gasteiger charge is 2.42. The highest BCUT2D eigenvalue weighted by Crippen LogP contribution is 2.33. The standard InChI is InChI=1S/C28H45N3O5/c1-18-13-12-16-21(19(18)2)23(24(33)29-20-14-10-9-11-15-20)31(27(3,4)5)25(34)22(17-32)30-26(35)36-28(6,7)8/h12-13,16,20,22-23,32H,9-11,14-15,17H2,1-8H3,(H,29,33)(H,30,35). The van der Waals surface area contributed by atoms with Crippen molar-refractivity contribution in [3.63, 3.8) is 0 Å². The number of aryl methyl sites for hydroxylation is 1. The van der Waals surface area contributed by atoms with E-state index >= 15 is 0 Å². The first-order chi connectivity index (χ1) is 16.7. The number of nitrogens with zero attached hydrogens (tertiary/aromatic N) is 1. The SMILES string of the molecule is Cc1cccc(C(C(=O)NC2CCCCC2)N(C(=O)C(CO)NC(=O)OC(C)(C)C)C(C)(C)C)c1C. The fourth-order valence-corrected chi connectivity index (χ4v) is 4.64. The van der Waals surface area contributed by atoms with Crippen LogP contribution in [-0.2, 0) is 14.3 Å². The lowest BCUT2D eigenvalue weighted by molar-refractivity contribution is -0.149. The van der Waals surface area contributed by atoms with Crippen molar-refractivity contribution in [2.45, 2.75) is 117 Å². The number of amides is 3. The molecule has 2 unspecified atom stereocenters. The third kappa shape index (κ3) is 7.95. The van der Waals surface area contributed by atoms with Crippen LogP contribution in [0.5, 0.6) is 0 Å². The fraction of sp³-hybridized carbons (Fsp3) is 0.679. The number of hydrogen-bond donors (Lipinski definition) is 3. The van der Waals surface area contributed by atoms with E-state index in [2.05, 4.69) is 10.6 Å². The van der Waals surface area contributed by atoms with Gasteiger partial charge >= 0.3 is 6.09 Å². The molecule has 0 aliphatic heterocycles. The van der Waals surface area contributed by atoms with E-state index in [1.807, 2.05) is 52.8 Å². The second-order valence-electron chi connectivity index (χ2n) is 11.8. The maximum atomic E-state index is 13.9. The van der Waals surface area contributed by atoms with Gasteiger partial charge < -0.3 is 25.4 Å². The predicted molar refractivity (Wildman–Crippen MR) is 141 cm³/mol. The Hall–Kier alpha value is -2.61. The molecule has 1 aromatic rings. The topological polar surface area (TPSA) is 108 Å². The minimum absolute atomic E-state index is 0.0595. The molecule has 36 heavy (non-hydrogen) atoms. The maximum absolute atomic E-state index is 13.9. The molecular formula is C28H45N3O5. The van der Waals surface area contributed by atoms with Gasteiger partial charge in [0.1, 0.15) is 17.7 Å². The molecule has 3 N–H and O–H groups in total. The molecule has 1 aromatic carbocycles.